The number of carbonyl (C=O) groups is 3. The number of carboxylic acid groups (broad SMARTS) is 1. The van der Waals surface area contributed by atoms with E-state index in [9.17, 15) is 14.4 Å². The van der Waals surface area contributed by atoms with Gasteiger partial charge in [0.2, 0.25) is 5.91 Å². The fraction of sp³-hybridized carbons (Fsp3) is 0.333. The third-order valence-electron chi connectivity index (χ3n) is 2.25. The Labute approximate surface area is 95.8 Å². The van der Waals surface area contributed by atoms with Crippen LogP contribution in [0.25, 0.3) is 0 Å². The smallest absolute Gasteiger partial charge is 0.329 e. The summed E-state index contributed by atoms with van der Waals surface area (Å²) in [6.45, 7) is -0.0247. The Hall–Kier alpha value is -2.38. The second-order valence-electron chi connectivity index (χ2n) is 3.52. The predicted molar refractivity (Wildman–Crippen MR) is 55.4 cm³/mol. The van der Waals surface area contributed by atoms with Gasteiger partial charge < -0.3 is 5.11 Å². The number of imide groups is 1. The first-order valence-electron chi connectivity index (χ1n) is 4.93. The highest BCUT2D eigenvalue weighted by molar-refractivity contribution is 6.05. The second kappa shape index (κ2) is 4.24. The summed E-state index contributed by atoms with van der Waals surface area (Å²) >= 11 is 0. The molecule has 1 aliphatic heterocycles. The van der Waals surface area contributed by atoms with E-state index in [1.54, 1.807) is 0 Å². The Balaban J connectivity index is 2.12. The van der Waals surface area contributed by atoms with Crippen LogP contribution in [0.2, 0.25) is 0 Å². The SMILES string of the molecule is O=C(O)Cn1ccc(N2CCC(=O)NC2=O)n1. The topological polar surface area (TPSA) is 105 Å². The molecule has 2 rings (SSSR count). The van der Waals surface area contributed by atoms with Gasteiger partial charge in [-0.15, -0.1) is 0 Å². The van der Waals surface area contributed by atoms with Crippen LogP contribution in [-0.4, -0.2) is 39.3 Å². The van der Waals surface area contributed by atoms with Gasteiger partial charge in [0, 0.05) is 25.2 Å². The molecule has 0 saturated carbocycles. The molecular formula is C9H10N4O4. The molecule has 1 fully saturated rings. The summed E-state index contributed by atoms with van der Waals surface area (Å²) in [5.74, 6) is -1.01. The van der Waals surface area contributed by atoms with Gasteiger partial charge in [-0.05, 0) is 0 Å². The maximum Gasteiger partial charge on any atom is 0.329 e. The summed E-state index contributed by atoms with van der Waals surface area (Å²) < 4.78 is 1.21. The van der Waals surface area contributed by atoms with Gasteiger partial charge in [-0.3, -0.25) is 24.5 Å². The lowest BCUT2D eigenvalue weighted by Gasteiger charge is -2.24. The largest absolute Gasteiger partial charge is 0.480 e. The number of rotatable bonds is 3. The van der Waals surface area contributed by atoms with Gasteiger partial charge in [-0.1, -0.05) is 0 Å². The molecule has 8 heteroatoms. The van der Waals surface area contributed by atoms with Crippen LogP contribution in [0.1, 0.15) is 6.42 Å². The average Bonchev–Trinajstić information content (AvgIpc) is 2.65. The summed E-state index contributed by atoms with van der Waals surface area (Å²) in [5.41, 5.74) is 0. The van der Waals surface area contributed by atoms with Crippen molar-refractivity contribution in [1.29, 1.82) is 0 Å². The van der Waals surface area contributed by atoms with E-state index in [0.717, 1.165) is 0 Å². The van der Waals surface area contributed by atoms with Crippen molar-refractivity contribution >= 4 is 23.7 Å². The van der Waals surface area contributed by atoms with Crippen LogP contribution in [0.5, 0.6) is 0 Å². The molecule has 3 amide bonds. The van der Waals surface area contributed by atoms with Crippen molar-refractivity contribution in [3.63, 3.8) is 0 Å². The maximum atomic E-state index is 11.5. The molecule has 17 heavy (non-hydrogen) atoms. The quantitative estimate of drug-likeness (QED) is 0.732. The molecule has 0 aliphatic carbocycles. The lowest BCUT2D eigenvalue weighted by molar-refractivity contribution is -0.137. The van der Waals surface area contributed by atoms with Crippen molar-refractivity contribution in [3.8, 4) is 0 Å². The zero-order chi connectivity index (χ0) is 12.4. The number of nitrogens with zero attached hydrogens (tertiary/aromatic N) is 3. The monoisotopic (exact) mass is 238 g/mol. The first-order valence-corrected chi connectivity index (χ1v) is 4.93. The fourth-order valence-electron chi connectivity index (χ4n) is 1.50. The van der Waals surface area contributed by atoms with E-state index >= 15 is 0 Å². The molecule has 0 atom stereocenters. The minimum atomic E-state index is -1.02. The number of nitrogens with one attached hydrogen (secondary N) is 1. The Morgan fingerprint density at radius 2 is 2.29 bits per heavy atom. The first kappa shape index (κ1) is 11.1. The molecule has 0 radical (unpaired) electrons. The van der Waals surface area contributed by atoms with Crippen molar-refractivity contribution in [1.82, 2.24) is 15.1 Å². The third-order valence-corrected chi connectivity index (χ3v) is 2.25. The number of hydrogen-bond donors (Lipinski definition) is 2. The number of aliphatic carboxylic acids is 1. The standard InChI is InChI=1S/C9H10N4O4/c14-7-2-4-13(9(17)10-7)6-1-3-12(11-6)5-8(15)16/h1,3H,2,4-5H2,(H,15,16)(H,10,14,17). The predicted octanol–water partition coefficient (Wildman–Crippen LogP) is -0.586. The van der Waals surface area contributed by atoms with E-state index in [-0.39, 0.29) is 25.4 Å². The highest BCUT2D eigenvalue weighted by Gasteiger charge is 2.25. The molecule has 90 valence electrons. The lowest BCUT2D eigenvalue weighted by Crippen LogP contribution is -2.49. The molecule has 0 aromatic carbocycles. The number of urea groups is 1. The van der Waals surface area contributed by atoms with Crippen LogP contribution in [0.4, 0.5) is 10.6 Å². The fourth-order valence-corrected chi connectivity index (χ4v) is 1.50. The van der Waals surface area contributed by atoms with Crippen LogP contribution >= 0.6 is 0 Å². The van der Waals surface area contributed by atoms with Crippen molar-refractivity contribution in [2.75, 3.05) is 11.4 Å². The highest BCUT2D eigenvalue weighted by Crippen LogP contribution is 2.13. The van der Waals surface area contributed by atoms with Gasteiger partial charge in [0.15, 0.2) is 5.82 Å². The number of aromatic nitrogens is 2. The summed E-state index contributed by atoms with van der Waals surface area (Å²) in [6, 6.07) is 0.986. The summed E-state index contributed by atoms with van der Waals surface area (Å²) in [6.07, 6.45) is 1.67. The van der Waals surface area contributed by atoms with E-state index in [4.69, 9.17) is 5.11 Å². The van der Waals surface area contributed by atoms with Crippen molar-refractivity contribution in [2.45, 2.75) is 13.0 Å². The number of anilines is 1. The van der Waals surface area contributed by atoms with Crippen molar-refractivity contribution in [3.05, 3.63) is 12.3 Å². The molecule has 1 aromatic rings. The van der Waals surface area contributed by atoms with E-state index in [0.29, 0.717) is 5.82 Å². The third kappa shape index (κ3) is 2.41. The molecule has 2 heterocycles. The van der Waals surface area contributed by atoms with Crippen LogP contribution in [0.3, 0.4) is 0 Å². The molecule has 1 aliphatic rings. The number of carboxylic acids is 1. The van der Waals surface area contributed by atoms with Gasteiger partial charge in [0.05, 0.1) is 0 Å². The first-order chi connectivity index (χ1) is 8.06. The second-order valence-corrected chi connectivity index (χ2v) is 3.52. The number of amides is 3. The molecule has 1 aromatic heterocycles. The van der Waals surface area contributed by atoms with Gasteiger partial charge in [-0.25, -0.2) is 4.79 Å². The zero-order valence-electron chi connectivity index (χ0n) is 8.79. The van der Waals surface area contributed by atoms with E-state index < -0.39 is 12.0 Å². The van der Waals surface area contributed by atoms with Gasteiger partial charge in [0.25, 0.3) is 0 Å². The minimum Gasteiger partial charge on any atom is -0.480 e. The van der Waals surface area contributed by atoms with E-state index in [2.05, 4.69) is 10.4 Å². The summed E-state index contributed by atoms with van der Waals surface area (Å²) in [4.78, 5) is 34.2. The summed E-state index contributed by atoms with van der Waals surface area (Å²) in [5, 5.41) is 14.7. The normalized spacial score (nSPS) is 15.9. The molecule has 0 unspecified atom stereocenters. The zero-order valence-corrected chi connectivity index (χ0v) is 8.79. The van der Waals surface area contributed by atoms with Crippen molar-refractivity contribution in [2.24, 2.45) is 0 Å². The van der Waals surface area contributed by atoms with Gasteiger partial charge in [-0.2, -0.15) is 5.10 Å². The Morgan fingerprint density at radius 1 is 1.53 bits per heavy atom. The molecule has 1 saturated heterocycles. The number of carbonyl (C=O) groups excluding carboxylic acids is 2. The molecule has 0 bridgehead atoms. The average molecular weight is 238 g/mol. The molecular weight excluding hydrogens is 228 g/mol. The van der Waals surface area contributed by atoms with Crippen molar-refractivity contribution < 1.29 is 19.5 Å². The van der Waals surface area contributed by atoms with Crippen LogP contribution in [0.15, 0.2) is 12.3 Å². The van der Waals surface area contributed by atoms with Crippen LogP contribution in [-0.2, 0) is 16.1 Å². The Bertz CT molecular complexity index is 481. The van der Waals surface area contributed by atoms with Gasteiger partial charge in [0.1, 0.15) is 6.54 Å². The summed E-state index contributed by atoms with van der Waals surface area (Å²) in [7, 11) is 0. The van der Waals surface area contributed by atoms with Gasteiger partial charge >= 0.3 is 12.0 Å². The van der Waals surface area contributed by atoms with Crippen LogP contribution in [0, 0.1) is 0 Å². The Morgan fingerprint density at radius 3 is 2.94 bits per heavy atom. The van der Waals surface area contributed by atoms with Crippen LogP contribution < -0.4 is 10.2 Å². The van der Waals surface area contributed by atoms with E-state index in [1.165, 1.54) is 21.8 Å². The maximum absolute atomic E-state index is 11.5. The minimum absolute atomic E-state index is 0.206. The highest BCUT2D eigenvalue weighted by atomic mass is 16.4. The molecule has 8 nitrogen and oxygen atoms in total. The molecule has 0 spiro atoms. The van der Waals surface area contributed by atoms with E-state index in [1.807, 2.05) is 0 Å². The number of hydrogen-bond acceptors (Lipinski definition) is 4. The lowest BCUT2D eigenvalue weighted by atomic mass is 10.3. The Kier molecular flexibility index (Phi) is 2.77. The molecule has 2 N–H and O–H groups in total.